The van der Waals surface area contributed by atoms with Gasteiger partial charge in [0.25, 0.3) is 0 Å². The van der Waals surface area contributed by atoms with E-state index in [0.717, 1.165) is 30.0 Å². The fourth-order valence-corrected chi connectivity index (χ4v) is 3.67. The summed E-state index contributed by atoms with van der Waals surface area (Å²) < 4.78 is 11.7. The third-order valence-electron chi connectivity index (χ3n) is 5.45. The van der Waals surface area contributed by atoms with Crippen molar-refractivity contribution >= 4 is 35.8 Å². The van der Waals surface area contributed by atoms with Crippen LogP contribution in [0.4, 0.5) is 0 Å². The number of para-hydroxylation sites is 1. The van der Waals surface area contributed by atoms with E-state index in [0.29, 0.717) is 31.6 Å². The molecule has 30 heavy (non-hydrogen) atoms. The van der Waals surface area contributed by atoms with Crippen molar-refractivity contribution in [1.29, 1.82) is 0 Å². The molecule has 0 bridgehead atoms. The van der Waals surface area contributed by atoms with Gasteiger partial charge in [0, 0.05) is 32.6 Å². The molecule has 3 rings (SSSR count). The second-order valence-electron chi connectivity index (χ2n) is 7.99. The summed E-state index contributed by atoms with van der Waals surface area (Å²) in [7, 11) is 3.51. The molecule has 1 heterocycles. The molecule has 1 aromatic rings. The van der Waals surface area contributed by atoms with Gasteiger partial charge in [-0.25, -0.2) is 4.99 Å². The first-order chi connectivity index (χ1) is 14.1. The van der Waals surface area contributed by atoms with Gasteiger partial charge in [-0.2, -0.15) is 0 Å². The van der Waals surface area contributed by atoms with E-state index in [1.807, 2.05) is 18.2 Å². The van der Waals surface area contributed by atoms with Crippen LogP contribution in [0.1, 0.15) is 44.1 Å². The maximum atomic E-state index is 12.0. The Labute approximate surface area is 197 Å². The van der Waals surface area contributed by atoms with E-state index < -0.39 is 0 Å². The van der Waals surface area contributed by atoms with Crippen LogP contribution in [-0.2, 0) is 11.3 Å². The molecule has 0 aromatic heterocycles. The Kier molecular flexibility index (Phi) is 10.5. The summed E-state index contributed by atoms with van der Waals surface area (Å²) in [6.45, 7) is 2.88. The van der Waals surface area contributed by atoms with E-state index in [4.69, 9.17) is 14.5 Å². The Balaban J connectivity index is 0.00000320. The normalized spacial score (nSPS) is 16.8. The van der Waals surface area contributed by atoms with Crippen molar-refractivity contribution < 1.29 is 14.3 Å². The minimum atomic E-state index is 0. The van der Waals surface area contributed by atoms with Crippen LogP contribution < -0.4 is 20.1 Å². The quantitative estimate of drug-likeness (QED) is 0.336. The summed E-state index contributed by atoms with van der Waals surface area (Å²) in [4.78, 5) is 18.3. The molecule has 1 aliphatic heterocycles. The van der Waals surface area contributed by atoms with Crippen LogP contribution in [0, 0.1) is 5.92 Å². The number of nitrogens with one attached hydrogen (secondary N) is 2. The van der Waals surface area contributed by atoms with Gasteiger partial charge in [0.1, 0.15) is 0 Å². The lowest BCUT2D eigenvalue weighted by atomic mass is 9.89. The first kappa shape index (κ1) is 24.6. The third kappa shape index (κ3) is 7.52. The summed E-state index contributed by atoms with van der Waals surface area (Å²) >= 11 is 0. The van der Waals surface area contributed by atoms with Crippen LogP contribution in [-0.4, -0.2) is 57.2 Å². The van der Waals surface area contributed by atoms with Gasteiger partial charge < -0.3 is 25.0 Å². The molecule has 1 aromatic carbocycles. The Hall–Kier alpha value is -1.71. The van der Waals surface area contributed by atoms with Crippen LogP contribution in [0.15, 0.2) is 23.2 Å². The first-order valence-corrected chi connectivity index (χ1v) is 10.7. The Morgan fingerprint density at radius 3 is 2.63 bits per heavy atom. The molecule has 2 N–H and O–H groups in total. The molecule has 0 saturated heterocycles. The van der Waals surface area contributed by atoms with Gasteiger partial charge in [-0.05, 0) is 24.8 Å². The average Bonchev–Trinajstić information content (AvgIpc) is 2.99. The monoisotopic (exact) mass is 530 g/mol. The van der Waals surface area contributed by atoms with Gasteiger partial charge in [0.15, 0.2) is 17.5 Å². The Bertz CT molecular complexity index is 706. The minimum absolute atomic E-state index is 0. The van der Waals surface area contributed by atoms with Crippen molar-refractivity contribution in [3.8, 4) is 11.5 Å². The molecule has 1 amide bonds. The molecule has 2 aliphatic rings. The van der Waals surface area contributed by atoms with Gasteiger partial charge in [0.2, 0.25) is 5.91 Å². The number of benzene rings is 1. The van der Waals surface area contributed by atoms with E-state index in [-0.39, 0.29) is 36.4 Å². The van der Waals surface area contributed by atoms with Crippen molar-refractivity contribution in [2.75, 3.05) is 40.4 Å². The van der Waals surface area contributed by atoms with Crippen molar-refractivity contribution in [1.82, 2.24) is 15.5 Å². The number of amides is 1. The van der Waals surface area contributed by atoms with E-state index in [1.165, 1.54) is 32.1 Å². The van der Waals surface area contributed by atoms with Crippen molar-refractivity contribution in [2.45, 2.75) is 45.1 Å². The maximum Gasteiger partial charge on any atom is 0.241 e. The standard InChI is InChI=1S/C22H34N4O3.HI/c1-26(2)20(27)16-25-22(23-14-17-8-4-3-5-9-17)24-15-18-10-6-11-19-21(18)29-13-7-12-28-19;/h6,10-11,17H,3-5,7-9,12-16H2,1-2H3,(H2,23,24,25);1H. The fourth-order valence-electron chi connectivity index (χ4n) is 3.67. The SMILES string of the molecule is CN(C)C(=O)CNC(=NCc1cccc2c1OCCCO2)NCC1CCCCC1.I. The average molecular weight is 530 g/mol. The zero-order valence-electron chi connectivity index (χ0n) is 18.1. The predicted octanol–water partition coefficient (Wildman–Crippen LogP) is 3.17. The predicted molar refractivity (Wildman–Crippen MR) is 130 cm³/mol. The van der Waals surface area contributed by atoms with E-state index >= 15 is 0 Å². The lowest BCUT2D eigenvalue weighted by molar-refractivity contribution is -0.127. The van der Waals surface area contributed by atoms with Crippen molar-refractivity contribution in [3.63, 3.8) is 0 Å². The molecule has 1 aliphatic carbocycles. The first-order valence-electron chi connectivity index (χ1n) is 10.7. The van der Waals surface area contributed by atoms with Crippen molar-refractivity contribution in [2.24, 2.45) is 10.9 Å². The highest BCUT2D eigenvalue weighted by Crippen LogP contribution is 2.33. The fraction of sp³-hybridized carbons (Fsp3) is 0.636. The van der Waals surface area contributed by atoms with Gasteiger partial charge in [-0.15, -0.1) is 24.0 Å². The van der Waals surface area contributed by atoms with Crippen LogP contribution in [0.2, 0.25) is 0 Å². The molecule has 0 spiro atoms. The second kappa shape index (κ2) is 12.9. The largest absolute Gasteiger partial charge is 0.490 e. The number of aliphatic imine (C=N–C) groups is 1. The molecule has 0 unspecified atom stereocenters. The van der Waals surface area contributed by atoms with E-state index in [9.17, 15) is 4.79 Å². The van der Waals surface area contributed by atoms with Crippen LogP contribution >= 0.6 is 24.0 Å². The number of likely N-dealkylation sites (N-methyl/N-ethyl adjacent to an activating group) is 1. The Morgan fingerprint density at radius 1 is 1.10 bits per heavy atom. The molecule has 1 saturated carbocycles. The highest BCUT2D eigenvalue weighted by Gasteiger charge is 2.16. The van der Waals surface area contributed by atoms with E-state index in [1.54, 1.807) is 19.0 Å². The van der Waals surface area contributed by atoms with Crippen molar-refractivity contribution in [3.05, 3.63) is 23.8 Å². The smallest absolute Gasteiger partial charge is 0.241 e. The third-order valence-corrected chi connectivity index (χ3v) is 5.45. The lowest BCUT2D eigenvalue weighted by Crippen LogP contribution is -2.44. The summed E-state index contributed by atoms with van der Waals surface area (Å²) in [5, 5.41) is 6.62. The van der Waals surface area contributed by atoms with Crippen LogP contribution in [0.5, 0.6) is 11.5 Å². The molecule has 7 nitrogen and oxygen atoms in total. The number of hydrogen-bond acceptors (Lipinski definition) is 4. The van der Waals surface area contributed by atoms with Gasteiger partial charge in [-0.3, -0.25) is 4.79 Å². The summed E-state index contributed by atoms with van der Waals surface area (Å²) in [6, 6.07) is 5.92. The number of carbonyl (C=O) groups excluding carboxylic acids is 1. The number of ether oxygens (including phenoxy) is 2. The number of halogens is 1. The van der Waals surface area contributed by atoms with Gasteiger partial charge in [-0.1, -0.05) is 31.4 Å². The topological polar surface area (TPSA) is 75.2 Å². The molecule has 0 radical (unpaired) electrons. The lowest BCUT2D eigenvalue weighted by Gasteiger charge is -2.23. The summed E-state index contributed by atoms with van der Waals surface area (Å²) in [6.07, 6.45) is 7.34. The number of carbonyl (C=O) groups is 1. The van der Waals surface area contributed by atoms with Crippen LogP contribution in [0.25, 0.3) is 0 Å². The second-order valence-corrected chi connectivity index (χ2v) is 7.99. The number of nitrogens with zero attached hydrogens (tertiary/aromatic N) is 2. The summed E-state index contributed by atoms with van der Waals surface area (Å²) in [5.41, 5.74) is 0.988. The van der Waals surface area contributed by atoms with Crippen LogP contribution in [0.3, 0.4) is 0 Å². The summed E-state index contributed by atoms with van der Waals surface area (Å²) in [5.74, 6) is 2.91. The molecular formula is C22H35IN4O3. The molecule has 1 fully saturated rings. The van der Waals surface area contributed by atoms with Gasteiger partial charge in [0.05, 0.1) is 26.3 Å². The number of rotatable bonds is 6. The van der Waals surface area contributed by atoms with Gasteiger partial charge >= 0.3 is 0 Å². The maximum absolute atomic E-state index is 12.0. The molecule has 168 valence electrons. The number of hydrogen-bond donors (Lipinski definition) is 2. The molecule has 8 heteroatoms. The zero-order valence-corrected chi connectivity index (χ0v) is 20.4. The minimum Gasteiger partial charge on any atom is -0.490 e. The highest BCUT2D eigenvalue weighted by molar-refractivity contribution is 14.0. The highest BCUT2D eigenvalue weighted by atomic mass is 127. The zero-order chi connectivity index (χ0) is 20.5. The number of guanidine groups is 1. The number of fused-ring (bicyclic) bond motifs is 1. The van der Waals surface area contributed by atoms with E-state index in [2.05, 4.69) is 10.6 Å². The molecule has 0 atom stereocenters. The molecular weight excluding hydrogens is 495 g/mol. The Morgan fingerprint density at radius 2 is 1.87 bits per heavy atom.